The molecule has 1 unspecified atom stereocenters. The molecule has 1 aliphatic carbocycles. The monoisotopic (exact) mass is 821 g/mol. The number of likely N-dealkylation sites (N-methyl/N-ethyl adjacent to an activating group) is 3. The van der Waals surface area contributed by atoms with Crippen LogP contribution in [0.25, 0.3) is 21.7 Å². The van der Waals surface area contributed by atoms with Crippen LogP contribution in [0, 0.1) is 5.92 Å². The number of carbonyl (C=O) groups excluding carboxylic acids is 3. The summed E-state index contributed by atoms with van der Waals surface area (Å²) in [6.07, 6.45) is 9.61. The molecule has 2 aliphatic rings. The fourth-order valence-electron chi connectivity index (χ4n) is 6.56. The van der Waals surface area contributed by atoms with E-state index in [9.17, 15) is 19.2 Å². The molecule has 1 aromatic heterocycles. The summed E-state index contributed by atoms with van der Waals surface area (Å²) in [5.74, 6) is 0.115. The van der Waals surface area contributed by atoms with Gasteiger partial charge in [-0.3, -0.25) is 14.4 Å². The Labute approximate surface area is 347 Å². The number of hydrogen-bond donors (Lipinski definition) is 2. The van der Waals surface area contributed by atoms with E-state index < -0.39 is 12.1 Å². The van der Waals surface area contributed by atoms with Gasteiger partial charge in [0, 0.05) is 76.1 Å². The summed E-state index contributed by atoms with van der Waals surface area (Å²) in [5, 5.41) is 11.5. The molecule has 2 heterocycles. The predicted molar refractivity (Wildman–Crippen MR) is 232 cm³/mol. The van der Waals surface area contributed by atoms with Crippen LogP contribution >= 0.6 is 11.6 Å². The van der Waals surface area contributed by atoms with Gasteiger partial charge in [0.15, 0.2) is 0 Å². The number of H-pyrrole nitrogens is 1. The fraction of sp³-hybridized carbons (Fsp3) is 0.455. The molecule has 0 saturated heterocycles. The molecule has 58 heavy (non-hydrogen) atoms. The SMILES string of the molecule is CC.CCl.CN(C)CCOc1ccc2[nH]c(C(=O)N3CCc4c3cc(OC(=O)N(C)CCN(C)C=O)c3ccccc43)cc2c1.COC1/C=C/CC[C@H](C(=O)O)CC1. The lowest BCUT2D eigenvalue weighted by molar-refractivity contribution is -0.142. The molecule has 14 heteroatoms. The molecular weight excluding hydrogens is 762 g/mol. The van der Waals surface area contributed by atoms with E-state index in [2.05, 4.69) is 21.5 Å². The number of carboxylic acid groups (broad SMARTS) is 1. The van der Waals surface area contributed by atoms with Crippen LogP contribution in [0.15, 0.2) is 66.7 Å². The van der Waals surface area contributed by atoms with Gasteiger partial charge in [0.2, 0.25) is 6.41 Å². The molecule has 3 amide bonds. The number of nitrogens with zero attached hydrogens (tertiary/aromatic N) is 4. The van der Waals surface area contributed by atoms with Crippen LogP contribution in [0.2, 0.25) is 0 Å². The lowest BCUT2D eigenvalue weighted by atomic mass is 9.93. The van der Waals surface area contributed by atoms with Gasteiger partial charge in [0.25, 0.3) is 5.91 Å². The highest BCUT2D eigenvalue weighted by atomic mass is 35.5. The number of aliphatic carboxylic acids is 1. The molecule has 4 aromatic rings. The minimum Gasteiger partial charge on any atom is -0.492 e. The maximum Gasteiger partial charge on any atom is 0.415 e. The Kier molecular flexibility index (Phi) is 19.5. The van der Waals surface area contributed by atoms with E-state index in [-0.39, 0.29) is 17.9 Å². The van der Waals surface area contributed by atoms with Crippen molar-refractivity contribution in [3.8, 4) is 11.5 Å². The maximum absolute atomic E-state index is 13.8. The number of alkyl halides is 1. The standard InChI is InChI=1S/C31H35N5O5.C10H16O3.C2H6.CH3Cl/c1-33(2)15-16-40-22-9-10-26-21(17-22)18-27(32-26)30(38)36-12-11-24-23-7-5-6-8-25(23)29(19-28(24)36)41-31(39)35(4)14-13-34(3)20-37;1-13-9-5-3-2-4-8(6-7-9)10(11)12;2*1-2/h5-10,17-20,32H,11-16H2,1-4H3;3,5,8-9H,2,4,6-7H2,1H3,(H,11,12);1-2H3;1H3/b;5-3+;;/t;8-,9?;;/m.0../s1. The second-order valence-corrected chi connectivity index (χ2v) is 14.0. The van der Waals surface area contributed by atoms with Crippen LogP contribution in [0.4, 0.5) is 10.5 Å². The highest BCUT2D eigenvalue weighted by molar-refractivity contribution is 6.15. The van der Waals surface area contributed by atoms with E-state index in [4.69, 9.17) is 19.3 Å². The lowest BCUT2D eigenvalue weighted by Crippen LogP contribution is -2.36. The van der Waals surface area contributed by atoms with E-state index in [0.717, 1.165) is 70.9 Å². The molecule has 0 fully saturated rings. The molecule has 0 bridgehead atoms. The summed E-state index contributed by atoms with van der Waals surface area (Å²) >= 11 is 4.64. The maximum atomic E-state index is 13.8. The molecule has 3 aromatic carbocycles. The number of aromatic amines is 1. The molecule has 0 saturated carbocycles. The highest BCUT2D eigenvalue weighted by Crippen LogP contribution is 2.41. The number of allylic oxidation sites excluding steroid dienone is 1. The Morgan fingerprint density at radius 1 is 0.948 bits per heavy atom. The summed E-state index contributed by atoms with van der Waals surface area (Å²) < 4.78 is 16.9. The number of rotatable bonds is 12. The first-order valence-corrected chi connectivity index (χ1v) is 20.4. The first-order valence-electron chi connectivity index (χ1n) is 19.6. The number of anilines is 1. The number of aromatic nitrogens is 1. The number of benzene rings is 3. The van der Waals surface area contributed by atoms with Crippen molar-refractivity contribution in [2.75, 3.05) is 79.4 Å². The van der Waals surface area contributed by atoms with Gasteiger partial charge in [0.1, 0.15) is 23.8 Å². The number of hydrogen-bond acceptors (Lipinski definition) is 8. The van der Waals surface area contributed by atoms with Gasteiger partial charge in [0.05, 0.1) is 17.7 Å². The summed E-state index contributed by atoms with van der Waals surface area (Å²) in [6, 6.07) is 17.1. The number of amides is 3. The second-order valence-electron chi connectivity index (χ2n) is 14.0. The van der Waals surface area contributed by atoms with Gasteiger partial charge >= 0.3 is 12.1 Å². The van der Waals surface area contributed by atoms with Crippen molar-refractivity contribution in [1.82, 2.24) is 19.7 Å². The number of halogens is 1. The molecule has 1 aliphatic heterocycles. The van der Waals surface area contributed by atoms with E-state index in [1.807, 2.05) is 88.6 Å². The quantitative estimate of drug-likeness (QED) is 0.0835. The van der Waals surface area contributed by atoms with E-state index in [0.29, 0.717) is 50.5 Å². The zero-order chi connectivity index (χ0) is 42.8. The molecule has 13 nitrogen and oxygen atoms in total. The van der Waals surface area contributed by atoms with Crippen LogP contribution in [0.3, 0.4) is 0 Å². The van der Waals surface area contributed by atoms with Crippen molar-refractivity contribution in [2.45, 2.75) is 52.1 Å². The van der Waals surface area contributed by atoms with Crippen LogP contribution in [0.5, 0.6) is 11.5 Å². The smallest absolute Gasteiger partial charge is 0.415 e. The third-order valence-electron chi connectivity index (χ3n) is 9.81. The first kappa shape index (κ1) is 47.3. The topological polar surface area (TPSA) is 145 Å². The number of carbonyl (C=O) groups is 4. The average molecular weight is 822 g/mol. The molecular formula is C44H60ClN5O8. The third kappa shape index (κ3) is 13.0. The summed E-state index contributed by atoms with van der Waals surface area (Å²) in [6.45, 7) is 6.61. The number of carboxylic acids is 1. The summed E-state index contributed by atoms with van der Waals surface area (Å²) in [7, 11) is 8.93. The second kappa shape index (κ2) is 24.0. The van der Waals surface area contributed by atoms with Crippen molar-refractivity contribution in [3.05, 3.63) is 78.0 Å². The number of ether oxygens (including phenoxy) is 3. The predicted octanol–water partition coefficient (Wildman–Crippen LogP) is 7.70. The van der Waals surface area contributed by atoms with Crippen molar-refractivity contribution < 1.29 is 38.5 Å². The van der Waals surface area contributed by atoms with Crippen molar-refractivity contribution in [2.24, 2.45) is 5.92 Å². The van der Waals surface area contributed by atoms with Gasteiger partial charge in [-0.25, -0.2) is 4.79 Å². The fourth-order valence-corrected chi connectivity index (χ4v) is 6.56. The largest absolute Gasteiger partial charge is 0.492 e. The summed E-state index contributed by atoms with van der Waals surface area (Å²) in [5.41, 5.74) is 3.10. The van der Waals surface area contributed by atoms with E-state index in [1.165, 1.54) is 16.2 Å². The van der Waals surface area contributed by atoms with Crippen molar-refractivity contribution in [3.63, 3.8) is 0 Å². The van der Waals surface area contributed by atoms with Gasteiger partial charge in [-0.15, -0.1) is 11.6 Å². The molecule has 0 spiro atoms. The molecule has 6 rings (SSSR count). The Morgan fingerprint density at radius 2 is 1.67 bits per heavy atom. The van der Waals surface area contributed by atoms with Crippen LogP contribution in [0.1, 0.15) is 55.6 Å². The minimum absolute atomic E-state index is 0.0992. The zero-order valence-corrected chi connectivity index (χ0v) is 35.9. The van der Waals surface area contributed by atoms with Gasteiger partial charge < -0.3 is 43.9 Å². The van der Waals surface area contributed by atoms with E-state index in [1.54, 1.807) is 32.2 Å². The Morgan fingerprint density at radius 3 is 2.34 bits per heavy atom. The Hall–Kier alpha value is -5.11. The van der Waals surface area contributed by atoms with E-state index >= 15 is 0 Å². The zero-order valence-electron chi connectivity index (χ0n) is 35.1. The van der Waals surface area contributed by atoms with Crippen LogP contribution in [-0.2, 0) is 20.7 Å². The van der Waals surface area contributed by atoms with Gasteiger partial charge in [-0.1, -0.05) is 50.3 Å². The third-order valence-corrected chi connectivity index (χ3v) is 9.81. The number of nitrogens with one attached hydrogen (secondary N) is 1. The molecule has 0 radical (unpaired) electrons. The Bertz CT molecular complexity index is 1980. The van der Waals surface area contributed by atoms with Crippen LogP contribution in [-0.4, -0.2) is 130 Å². The summed E-state index contributed by atoms with van der Waals surface area (Å²) in [4.78, 5) is 58.3. The van der Waals surface area contributed by atoms with Crippen LogP contribution < -0.4 is 14.4 Å². The molecule has 2 N–H and O–H groups in total. The average Bonchev–Trinajstić information content (AvgIpc) is 3.86. The molecule has 2 atom stereocenters. The molecule has 316 valence electrons. The lowest BCUT2D eigenvalue weighted by Gasteiger charge is -2.21. The van der Waals surface area contributed by atoms with Gasteiger partial charge in [-0.05, 0) is 81.4 Å². The van der Waals surface area contributed by atoms with Gasteiger partial charge in [-0.2, -0.15) is 0 Å². The van der Waals surface area contributed by atoms with Crippen molar-refractivity contribution >= 4 is 63.3 Å². The van der Waals surface area contributed by atoms with Crippen molar-refractivity contribution in [1.29, 1.82) is 0 Å². The highest BCUT2D eigenvalue weighted by Gasteiger charge is 2.30. The first-order chi connectivity index (χ1) is 28.0. The Balaban J connectivity index is 0.000000446. The minimum atomic E-state index is -0.676. The number of fused-ring (bicyclic) bond motifs is 4. The normalized spacial score (nSPS) is 16.2. The number of methoxy groups -OCH3 is 1.